The molecule has 9 heteroatoms. The number of nitrogens with zero attached hydrogens (tertiary/aromatic N) is 1. The lowest BCUT2D eigenvalue weighted by Gasteiger charge is -2.11. The zero-order valence-electron chi connectivity index (χ0n) is 13.9. The summed E-state index contributed by atoms with van der Waals surface area (Å²) < 4.78 is 0.659. The van der Waals surface area contributed by atoms with E-state index in [1.807, 2.05) is 0 Å². The van der Waals surface area contributed by atoms with E-state index in [1.165, 1.54) is 30.8 Å². The van der Waals surface area contributed by atoms with Crippen LogP contribution < -0.4 is 5.43 Å². The number of ketones is 1. The molecule has 0 aliphatic carbocycles. The molecule has 0 fully saturated rings. The van der Waals surface area contributed by atoms with Crippen molar-refractivity contribution in [2.75, 3.05) is 0 Å². The minimum Gasteiger partial charge on any atom is -0.348 e. The van der Waals surface area contributed by atoms with Gasteiger partial charge in [-0.15, -0.1) is 11.8 Å². The van der Waals surface area contributed by atoms with E-state index >= 15 is 0 Å². The molecule has 0 aliphatic rings. The van der Waals surface area contributed by atoms with Crippen molar-refractivity contribution in [3.63, 3.8) is 0 Å². The Kier molecular flexibility index (Phi) is 5.69. The normalized spacial score (nSPS) is 10.9. The number of nitrogens with one attached hydrogen (secondary N) is 1. The maximum atomic E-state index is 12.9. The number of benzene rings is 2. The third kappa shape index (κ3) is 3.92. The van der Waals surface area contributed by atoms with Crippen molar-refractivity contribution in [3.05, 3.63) is 77.4 Å². The molecule has 27 heavy (non-hydrogen) atoms. The number of aromatic nitrogens is 1. The number of H-pyrrole nitrogens is 1. The standard InChI is InChI=1S/C18H12BrClN2O4S/c1-9(23)14-17(24)15-13(20)7-6-12(19)16(15)21-18(14)27-8-10-2-4-11(5-3-10)22(25)26/h2-7H,8H2,1H3,(H,21,24). The second kappa shape index (κ2) is 7.84. The van der Waals surface area contributed by atoms with Crippen molar-refractivity contribution in [1.82, 2.24) is 4.98 Å². The molecule has 0 atom stereocenters. The van der Waals surface area contributed by atoms with E-state index in [-0.39, 0.29) is 27.4 Å². The van der Waals surface area contributed by atoms with Gasteiger partial charge in [0.15, 0.2) is 5.78 Å². The highest BCUT2D eigenvalue weighted by atomic mass is 79.9. The molecule has 0 bridgehead atoms. The molecule has 0 saturated heterocycles. The number of pyridine rings is 1. The van der Waals surface area contributed by atoms with E-state index in [0.29, 0.717) is 20.8 Å². The van der Waals surface area contributed by atoms with Crippen molar-refractivity contribution in [3.8, 4) is 0 Å². The van der Waals surface area contributed by atoms with E-state index < -0.39 is 10.4 Å². The molecule has 0 radical (unpaired) electrons. The summed E-state index contributed by atoms with van der Waals surface area (Å²) in [5.41, 5.74) is 0.976. The molecule has 3 rings (SSSR count). The van der Waals surface area contributed by atoms with Gasteiger partial charge in [0.25, 0.3) is 5.69 Å². The van der Waals surface area contributed by atoms with Crippen LogP contribution in [0.1, 0.15) is 22.8 Å². The van der Waals surface area contributed by atoms with Gasteiger partial charge in [-0.2, -0.15) is 0 Å². The van der Waals surface area contributed by atoms with Crippen molar-refractivity contribution in [1.29, 1.82) is 0 Å². The molecule has 2 aromatic carbocycles. The Labute approximate surface area is 171 Å². The zero-order chi connectivity index (χ0) is 19.7. The summed E-state index contributed by atoms with van der Waals surface area (Å²) in [4.78, 5) is 38.4. The SMILES string of the molecule is CC(=O)c1c(SCc2ccc([N+](=O)[O-])cc2)[nH]c2c(Br)ccc(Cl)c2c1=O. The van der Waals surface area contributed by atoms with E-state index in [9.17, 15) is 19.7 Å². The molecule has 1 heterocycles. The molecule has 1 N–H and O–H groups in total. The van der Waals surface area contributed by atoms with Crippen LogP contribution in [0.15, 0.2) is 50.7 Å². The molecular formula is C18H12BrClN2O4S. The highest BCUT2D eigenvalue weighted by Crippen LogP contribution is 2.31. The van der Waals surface area contributed by atoms with Crippen LogP contribution in [-0.2, 0) is 5.75 Å². The predicted molar refractivity (Wildman–Crippen MR) is 110 cm³/mol. The van der Waals surface area contributed by atoms with Crippen LogP contribution in [0.25, 0.3) is 10.9 Å². The van der Waals surface area contributed by atoms with Crippen molar-refractivity contribution in [2.45, 2.75) is 17.7 Å². The number of nitro groups is 1. The first-order valence-electron chi connectivity index (χ1n) is 7.70. The number of hydrogen-bond acceptors (Lipinski definition) is 5. The van der Waals surface area contributed by atoms with Gasteiger partial charge in [-0.05, 0) is 40.5 Å². The predicted octanol–water partition coefficient (Wildman–Crippen LogP) is 5.35. The van der Waals surface area contributed by atoms with Crippen LogP contribution in [0.2, 0.25) is 5.02 Å². The first kappa shape index (κ1) is 19.6. The van der Waals surface area contributed by atoms with Gasteiger partial charge in [-0.25, -0.2) is 0 Å². The molecule has 6 nitrogen and oxygen atoms in total. The number of hydrogen-bond donors (Lipinski definition) is 1. The van der Waals surface area contributed by atoms with Gasteiger partial charge < -0.3 is 4.98 Å². The lowest BCUT2D eigenvalue weighted by Crippen LogP contribution is -2.17. The Morgan fingerprint density at radius 3 is 2.52 bits per heavy atom. The number of non-ortho nitro benzene ring substituents is 1. The number of thioether (sulfide) groups is 1. The molecule has 138 valence electrons. The monoisotopic (exact) mass is 466 g/mol. The van der Waals surface area contributed by atoms with E-state index in [1.54, 1.807) is 24.3 Å². The Bertz CT molecular complexity index is 1130. The summed E-state index contributed by atoms with van der Waals surface area (Å²) in [5, 5.41) is 11.7. The van der Waals surface area contributed by atoms with Gasteiger partial charge in [0.05, 0.1) is 31.4 Å². The summed E-state index contributed by atoms with van der Waals surface area (Å²) in [6, 6.07) is 9.44. The molecular weight excluding hydrogens is 456 g/mol. The highest BCUT2D eigenvalue weighted by Gasteiger charge is 2.19. The fourth-order valence-corrected chi connectivity index (χ4v) is 4.33. The lowest BCUT2D eigenvalue weighted by atomic mass is 10.1. The number of halogens is 2. The van der Waals surface area contributed by atoms with E-state index in [4.69, 9.17) is 11.6 Å². The molecule has 0 spiro atoms. The number of nitro benzene ring substituents is 1. The molecule has 0 saturated carbocycles. The first-order valence-corrected chi connectivity index (χ1v) is 9.86. The van der Waals surface area contributed by atoms with Crippen molar-refractivity contribution < 1.29 is 9.72 Å². The number of rotatable bonds is 5. The van der Waals surface area contributed by atoms with Gasteiger partial charge in [-0.3, -0.25) is 19.7 Å². The molecule has 0 amide bonds. The number of aromatic amines is 1. The maximum absolute atomic E-state index is 12.9. The highest BCUT2D eigenvalue weighted by molar-refractivity contribution is 9.10. The molecule has 1 aromatic heterocycles. The van der Waals surface area contributed by atoms with Gasteiger partial charge in [0.2, 0.25) is 5.43 Å². The molecule has 3 aromatic rings. The fourth-order valence-electron chi connectivity index (χ4n) is 2.60. The van der Waals surface area contributed by atoms with Crippen LogP contribution >= 0.6 is 39.3 Å². The number of fused-ring (bicyclic) bond motifs is 1. The van der Waals surface area contributed by atoms with E-state index in [0.717, 1.165) is 5.56 Å². The van der Waals surface area contributed by atoms with Crippen molar-refractivity contribution >= 4 is 61.7 Å². The van der Waals surface area contributed by atoms with Crippen LogP contribution in [0, 0.1) is 10.1 Å². The number of carbonyl (C=O) groups is 1. The van der Waals surface area contributed by atoms with Crippen LogP contribution in [0.4, 0.5) is 5.69 Å². The topological polar surface area (TPSA) is 93.1 Å². The minimum absolute atomic E-state index is 0.00543. The lowest BCUT2D eigenvalue weighted by molar-refractivity contribution is -0.384. The third-order valence-corrected chi connectivity index (χ3v) is 5.95. The number of carbonyl (C=O) groups excluding carboxylic acids is 1. The summed E-state index contributed by atoms with van der Waals surface area (Å²) in [6.07, 6.45) is 0. The smallest absolute Gasteiger partial charge is 0.269 e. The summed E-state index contributed by atoms with van der Waals surface area (Å²) in [6.45, 7) is 1.33. The molecule has 0 unspecified atom stereocenters. The summed E-state index contributed by atoms with van der Waals surface area (Å²) >= 11 is 10.8. The van der Waals surface area contributed by atoms with Crippen molar-refractivity contribution in [2.24, 2.45) is 0 Å². The van der Waals surface area contributed by atoms with Gasteiger partial charge in [0, 0.05) is 22.4 Å². The summed E-state index contributed by atoms with van der Waals surface area (Å²) in [5.74, 6) is 0.0677. The fraction of sp³-hybridized carbons (Fsp3) is 0.111. The Morgan fingerprint density at radius 2 is 1.93 bits per heavy atom. The second-order valence-electron chi connectivity index (χ2n) is 5.71. The van der Waals surface area contributed by atoms with E-state index in [2.05, 4.69) is 20.9 Å². The van der Waals surface area contributed by atoms with Crippen LogP contribution in [0.3, 0.4) is 0 Å². The quantitative estimate of drug-likeness (QED) is 0.236. The van der Waals surface area contributed by atoms with Gasteiger partial charge in [-0.1, -0.05) is 23.7 Å². The third-order valence-electron chi connectivity index (χ3n) is 3.91. The molecule has 0 aliphatic heterocycles. The number of Topliss-reactive ketones (excluding diaryl/α,β-unsaturated/α-hetero) is 1. The minimum atomic E-state index is -0.465. The van der Waals surface area contributed by atoms with Gasteiger partial charge >= 0.3 is 0 Å². The Hall–Kier alpha value is -2.16. The van der Waals surface area contributed by atoms with Crippen LogP contribution in [0.5, 0.6) is 0 Å². The Balaban J connectivity index is 2.04. The largest absolute Gasteiger partial charge is 0.348 e. The second-order valence-corrected chi connectivity index (χ2v) is 7.95. The zero-order valence-corrected chi connectivity index (χ0v) is 17.1. The first-order chi connectivity index (χ1) is 12.8. The maximum Gasteiger partial charge on any atom is 0.269 e. The average Bonchev–Trinajstić information content (AvgIpc) is 2.62. The summed E-state index contributed by atoms with van der Waals surface area (Å²) in [7, 11) is 0. The van der Waals surface area contributed by atoms with Gasteiger partial charge in [0.1, 0.15) is 0 Å². The Morgan fingerprint density at radius 1 is 1.26 bits per heavy atom. The average molecular weight is 468 g/mol. The van der Waals surface area contributed by atoms with Crippen LogP contribution in [-0.4, -0.2) is 15.7 Å².